The van der Waals surface area contributed by atoms with Crippen LogP contribution in [0.3, 0.4) is 0 Å². The van der Waals surface area contributed by atoms with Gasteiger partial charge in [0.15, 0.2) is 0 Å². The van der Waals surface area contributed by atoms with Crippen molar-refractivity contribution >= 4 is 11.6 Å². The van der Waals surface area contributed by atoms with Gasteiger partial charge in [-0.3, -0.25) is 0 Å². The summed E-state index contributed by atoms with van der Waals surface area (Å²) in [5.41, 5.74) is 0.0309. The van der Waals surface area contributed by atoms with Gasteiger partial charge >= 0.3 is 0 Å². The predicted octanol–water partition coefficient (Wildman–Crippen LogP) is 2.41. The van der Waals surface area contributed by atoms with E-state index in [4.69, 9.17) is 0 Å². The standard InChI is InChI=1S/C14H27N5/c1-7-10(2)17-13-8-12(18-11(3)19-13)16-9-14(4,5)15-6/h8,10,15H,7,9H2,1-6H3,(H2,16,17,18,19). The molecule has 1 aromatic rings. The number of rotatable bonds is 7. The van der Waals surface area contributed by atoms with Crippen molar-refractivity contribution in [1.82, 2.24) is 15.3 Å². The molecule has 3 N–H and O–H groups in total. The lowest BCUT2D eigenvalue weighted by molar-refractivity contribution is 0.447. The van der Waals surface area contributed by atoms with Gasteiger partial charge in [0, 0.05) is 24.2 Å². The summed E-state index contributed by atoms with van der Waals surface area (Å²) in [7, 11) is 1.96. The van der Waals surface area contributed by atoms with Crippen LogP contribution in [0.4, 0.5) is 11.6 Å². The molecule has 0 bridgehead atoms. The summed E-state index contributed by atoms with van der Waals surface area (Å²) in [5, 5.41) is 9.99. The van der Waals surface area contributed by atoms with E-state index in [1.54, 1.807) is 0 Å². The minimum absolute atomic E-state index is 0.0309. The fourth-order valence-electron chi connectivity index (χ4n) is 1.49. The molecule has 1 aromatic heterocycles. The number of anilines is 2. The van der Waals surface area contributed by atoms with Crippen molar-refractivity contribution in [2.45, 2.75) is 52.6 Å². The van der Waals surface area contributed by atoms with Gasteiger partial charge in [-0.05, 0) is 41.2 Å². The Morgan fingerprint density at radius 1 is 1.26 bits per heavy atom. The van der Waals surface area contributed by atoms with Crippen LogP contribution < -0.4 is 16.0 Å². The molecule has 0 aromatic carbocycles. The predicted molar refractivity (Wildman–Crippen MR) is 81.8 cm³/mol. The Bertz CT molecular complexity index is 403. The average Bonchev–Trinajstić information content (AvgIpc) is 2.36. The van der Waals surface area contributed by atoms with E-state index in [2.05, 4.69) is 53.6 Å². The third-order valence-corrected chi connectivity index (χ3v) is 3.23. The number of likely N-dealkylation sites (N-methyl/N-ethyl adjacent to an activating group) is 1. The zero-order valence-corrected chi connectivity index (χ0v) is 13.0. The van der Waals surface area contributed by atoms with Crippen LogP contribution in [0.15, 0.2) is 6.07 Å². The fourth-order valence-corrected chi connectivity index (χ4v) is 1.49. The minimum Gasteiger partial charge on any atom is -0.368 e. The van der Waals surface area contributed by atoms with E-state index < -0.39 is 0 Å². The smallest absolute Gasteiger partial charge is 0.132 e. The highest BCUT2D eigenvalue weighted by Gasteiger charge is 2.14. The first-order chi connectivity index (χ1) is 8.86. The second-order valence-corrected chi connectivity index (χ2v) is 5.63. The Morgan fingerprint density at radius 2 is 1.89 bits per heavy atom. The largest absolute Gasteiger partial charge is 0.368 e. The van der Waals surface area contributed by atoms with Crippen LogP contribution >= 0.6 is 0 Å². The summed E-state index contributed by atoms with van der Waals surface area (Å²) in [6, 6.07) is 2.38. The van der Waals surface area contributed by atoms with E-state index in [9.17, 15) is 0 Å². The van der Waals surface area contributed by atoms with E-state index in [0.717, 1.165) is 30.4 Å². The molecule has 0 aliphatic carbocycles. The lowest BCUT2D eigenvalue weighted by Gasteiger charge is -2.24. The summed E-state index contributed by atoms with van der Waals surface area (Å²) in [6.45, 7) is 11.3. The Kier molecular flexibility index (Phi) is 5.54. The molecule has 1 atom stereocenters. The van der Waals surface area contributed by atoms with Crippen molar-refractivity contribution in [3.63, 3.8) is 0 Å². The molecule has 0 spiro atoms. The summed E-state index contributed by atoms with van der Waals surface area (Å²) < 4.78 is 0. The van der Waals surface area contributed by atoms with E-state index in [-0.39, 0.29) is 5.54 Å². The number of nitrogens with zero attached hydrogens (tertiary/aromatic N) is 2. The molecule has 1 unspecified atom stereocenters. The van der Waals surface area contributed by atoms with Crippen molar-refractivity contribution in [2.75, 3.05) is 24.2 Å². The fraction of sp³-hybridized carbons (Fsp3) is 0.714. The van der Waals surface area contributed by atoms with Crippen molar-refractivity contribution < 1.29 is 0 Å². The van der Waals surface area contributed by atoms with Crippen LogP contribution in [-0.2, 0) is 0 Å². The maximum atomic E-state index is 4.41. The van der Waals surface area contributed by atoms with Gasteiger partial charge in [-0.15, -0.1) is 0 Å². The third-order valence-electron chi connectivity index (χ3n) is 3.23. The van der Waals surface area contributed by atoms with Gasteiger partial charge < -0.3 is 16.0 Å². The van der Waals surface area contributed by atoms with Gasteiger partial charge in [-0.2, -0.15) is 0 Å². The van der Waals surface area contributed by atoms with E-state index in [0.29, 0.717) is 6.04 Å². The van der Waals surface area contributed by atoms with E-state index >= 15 is 0 Å². The molecule has 0 fully saturated rings. The normalized spacial score (nSPS) is 13.2. The van der Waals surface area contributed by atoms with Crippen molar-refractivity contribution in [3.05, 3.63) is 11.9 Å². The summed E-state index contributed by atoms with van der Waals surface area (Å²) in [6.07, 6.45) is 1.07. The first kappa shape index (κ1) is 15.7. The quantitative estimate of drug-likeness (QED) is 0.706. The van der Waals surface area contributed by atoms with Crippen LogP contribution in [0.5, 0.6) is 0 Å². The topological polar surface area (TPSA) is 61.9 Å². The highest BCUT2D eigenvalue weighted by Crippen LogP contribution is 2.14. The molecule has 5 heteroatoms. The zero-order chi connectivity index (χ0) is 14.5. The van der Waals surface area contributed by atoms with Crippen molar-refractivity contribution in [3.8, 4) is 0 Å². The Balaban J connectivity index is 2.73. The molecule has 5 nitrogen and oxygen atoms in total. The Hall–Kier alpha value is -1.36. The first-order valence-corrected chi connectivity index (χ1v) is 6.91. The molecule has 0 radical (unpaired) electrons. The molecule has 0 aliphatic rings. The van der Waals surface area contributed by atoms with Gasteiger partial charge in [0.25, 0.3) is 0 Å². The highest BCUT2D eigenvalue weighted by molar-refractivity contribution is 5.48. The summed E-state index contributed by atoms with van der Waals surface area (Å²) in [5.74, 6) is 2.52. The Morgan fingerprint density at radius 3 is 2.47 bits per heavy atom. The number of aryl methyl sites for hydroxylation is 1. The molecule has 0 saturated heterocycles. The third kappa shape index (κ3) is 5.42. The van der Waals surface area contributed by atoms with Crippen LogP contribution in [0.1, 0.15) is 39.9 Å². The molecule has 19 heavy (non-hydrogen) atoms. The van der Waals surface area contributed by atoms with Crippen LogP contribution in [0.25, 0.3) is 0 Å². The Labute approximate surface area is 116 Å². The number of hydrogen-bond acceptors (Lipinski definition) is 5. The second-order valence-electron chi connectivity index (χ2n) is 5.63. The molecule has 108 valence electrons. The molecule has 0 amide bonds. The van der Waals surface area contributed by atoms with Gasteiger partial charge in [0.1, 0.15) is 17.5 Å². The molecule has 0 saturated carbocycles. The summed E-state index contributed by atoms with van der Waals surface area (Å²) in [4.78, 5) is 8.82. The molecule has 1 rings (SSSR count). The number of aromatic nitrogens is 2. The van der Waals surface area contributed by atoms with Gasteiger partial charge in [-0.1, -0.05) is 6.92 Å². The monoisotopic (exact) mass is 265 g/mol. The highest BCUT2D eigenvalue weighted by atomic mass is 15.1. The van der Waals surface area contributed by atoms with E-state index in [1.807, 2.05) is 20.0 Å². The SMILES string of the molecule is CCC(C)Nc1cc(NCC(C)(C)NC)nc(C)n1. The maximum absolute atomic E-state index is 4.41. The summed E-state index contributed by atoms with van der Waals surface area (Å²) >= 11 is 0. The van der Waals surface area contributed by atoms with Crippen LogP contribution in [0.2, 0.25) is 0 Å². The van der Waals surface area contributed by atoms with Crippen LogP contribution in [-0.4, -0.2) is 35.1 Å². The minimum atomic E-state index is 0.0309. The average molecular weight is 265 g/mol. The van der Waals surface area contributed by atoms with Crippen LogP contribution in [0, 0.1) is 6.92 Å². The van der Waals surface area contributed by atoms with Gasteiger partial charge in [0.2, 0.25) is 0 Å². The molecular weight excluding hydrogens is 238 g/mol. The second kappa shape index (κ2) is 6.70. The lowest BCUT2D eigenvalue weighted by atomic mass is 10.1. The van der Waals surface area contributed by atoms with Crippen molar-refractivity contribution in [2.24, 2.45) is 0 Å². The van der Waals surface area contributed by atoms with Gasteiger partial charge in [-0.25, -0.2) is 9.97 Å². The molecule has 1 heterocycles. The molecule has 0 aliphatic heterocycles. The maximum Gasteiger partial charge on any atom is 0.132 e. The van der Waals surface area contributed by atoms with Crippen molar-refractivity contribution in [1.29, 1.82) is 0 Å². The van der Waals surface area contributed by atoms with Gasteiger partial charge in [0.05, 0.1) is 0 Å². The number of hydrogen-bond donors (Lipinski definition) is 3. The molecular formula is C14H27N5. The zero-order valence-electron chi connectivity index (χ0n) is 13.0. The first-order valence-electron chi connectivity index (χ1n) is 6.91. The number of nitrogens with one attached hydrogen (secondary N) is 3. The lowest BCUT2D eigenvalue weighted by Crippen LogP contribution is -2.42. The van der Waals surface area contributed by atoms with E-state index in [1.165, 1.54) is 0 Å².